The zero-order valence-electron chi connectivity index (χ0n) is 18.6. The molecule has 2 N–H and O–H groups in total. The number of likely N-dealkylation sites (tertiary alicyclic amines) is 1. The molecule has 8 nitrogen and oxygen atoms in total. The number of rotatable bonds is 6. The molecule has 1 saturated carbocycles. The summed E-state index contributed by atoms with van der Waals surface area (Å²) in [5, 5.41) is 25.8. The van der Waals surface area contributed by atoms with E-state index in [0.717, 1.165) is 56.3 Å². The molecule has 8 heteroatoms. The third-order valence-electron chi connectivity index (χ3n) is 7.92. The molecule has 2 aliphatic carbocycles. The van der Waals surface area contributed by atoms with Crippen molar-refractivity contribution in [2.75, 3.05) is 13.1 Å². The van der Waals surface area contributed by atoms with E-state index < -0.39 is 6.10 Å². The molecule has 3 fully saturated rings. The van der Waals surface area contributed by atoms with E-state index in [-0.39, 0.29) is 11.9 Å². The minimum atomic E-state index is -0.465. The van der Waals surface area contributed by atoms with Crippen molar-refractivity contribution in [1.29, 1.82) is 0 Å². The monoisotopic (exact) mass is 446 g/mol. The largest absolute Gasteiger partial charge is 0.387 e. The molecule has 1 aromatic heterocycles. The van der Waals surface area contributed by atoms with Gasteiger partial charge in [0.1, 0.15) is 6.33 Å². The first kappa shape index (κ1) is 20.7. The first-order valence-corrected chi connectivity index (χ1v) is 12.1. The number of aliphatic hydroxyl groups is 1. The smallest absolute Gasteiger partial charge is 0.249 e. The summed E-state index contributed by atoms with van der Waals surface area (Å²) in [6, 6.07) is 10.8. The van der Waals surface area contributed by atoms with Crippen molar-refractivity contribution in [3.8, 4) is 0 Å². The molecule has 3 heterocycles. The Kier molecular flexibility index (Phi) is 5.34. The van der Waals surface area contributed by atoms with Crippen molar-refractivity contribution in [2.45, 2.75) is 56.3 Å². The van der Waals surface area contributed by atoms with Gasteiger partial charge in [-0.3, -0.25) is 4.79 Å². The number of carbonyl (C=O) groups excluding carboxylic acids is 1. The molecule has 0 bridgehead atoms. The summed E-state index contributed by atoms with van der Waals surface area (Å²) in [5.41, 5.74) is 3.29. The van der Waals surface area contributed by atoms with E-state index in [1.54, 1.807) is 6.33 Å². The Morgan fingerprint density at radius 1 is 1.12 bits per heavy atom. The fourth-order valence-electron chi connectivity index (χ4n) is 6.05. The van der Waals surface area contributed by atoms with E-state index in [9.17, 15) is 9.90 Å². The van der Waals surface area contributed by atoms with Crippen LogP contribution in [0, 0.1) is 11.8 Å². The number of hydrogen-bond acceptors (Lipinski definition) is 6. The summed E-state index contributed by atoms with van der Waals surface area (Å²) < 4.78 is 1.84. The second kappa shape index (κ2) is 8.50. The molecule has 172 valence electrons. The predicted octanol–water partition coefficient (Wildman–Crippen LogP) is 2.19. The number of carbonyl (C=O) groups is 1. The van der Waals surface area contributed by atoms with Gasteiger partial charge in [0.05, 0.1) is 12.1 Å². The van der Waals surface area contributed by atoms with Gasteiger partial charge in [0.2, 0.25) is 5.91 Å². The number of amides is 1. The van der Waals surface area contributed by atoms with Crippen LogP contribution in [0.1, 0.15) is 49.8 Å². The van der Waals surface area contributed by atoms with Crippen molar-refractivity contribution < 1.29 is 9.90 Å². The lowest BCUT2D eigenvalue weighted by atomic mass is 9.92. The molecule has 4 aliphatic rings. The number of hydrogen-bond donors (Lipinski definition) is 2. The van der Waals surface area contributed by atoms with Crippen LogP contribution in [0.2, 0.25) is 0 Å². The van der Waals surface area contributed by atoms with Crippen LogP contribution in [0.4, 0.5) is 0 Å². The Labute approximate surface area is 193 Å². The van der Waals surface area contributed by atoms with Crippen LogP contribution < -0.4 is 5.32 Å². The summed E-state index contributed by atoms with van der Waals surface area (Å²) >= 11 is 0. The van der Waals surface area contributed by atoms with Gasteiger partial charge in [0.15, 0.2) is 0 Å². The van der Waals surface area contributed by atoms with Gasteiger partial charge in [-0.25, -0.2) is 4.68 Å². The maximum Gasteiger partial charge on any atom is 0.249 e. The number of tetrazole rings is 1. The number of nitrogens with zero attached hydrogens (tertiary/aromatic N) is 5. The maximum atomic E-state index is 13.0. The highest BCUT2D eigenvalue weighted by Crippen LogP contribution is 2.55. The second-order valence-electron chi connectivity index (χ2n) is 9.94. The lowest BCUT2D eigenvalue weighted by Crippen LogP contribution is -2.34. The standard InChI is InChI=1S/C25H30N6O2/c32-24(17-4-2-1-3-5-17)22-11-10-19(27-22)12-16-6-8-18(9-7-16)25(33)30-13-20-21(14-30)23(20)31-15-26-28-29-31/h1-6,8,15,19-24,27,32H,7,9-14H2. The van der Waals surface area contributed by atoms with E-state index >= 15 is 0 Å². The summed E-state index contributed by atoms with van der Waals surface area (Å²) in [7, 11) is 0. The zero-order valence-corrected chi connectivity index (χ0v) is 18.6. The molecular weight excluding hydrogens is 416 g/mol. The Balaban J connectivity index is 1.00. The highest BCUT2D eigenvalue weighted by Gasteiger charge is 2.58. The number of fused-ring (bicyclic) bond motifs is 1. The first-order chi connectivity index (χ1) is 16.2. The highest BCUT2D eigenvalue weighted by molar-refractivity contribution is 5.94. The van der Waals surface area contributed by atoms with Crippen LogP contribution in [0.25, 0.3) is 0 Å². The Bertz CT molecular complexity index is 1050. The summed E-state index contributed by atoms with van der Waals surface area (Å²) in [6.07, 6.45) is 10.2. The van der Waals surface area contributed by atoms with Crippen LogP contribution in [0.15, 0.2) is 60.0 Å². The average Bonchev–Trinajstić information content (AvgIpc) is 3.38. The number of allylic oxidation sites excluding steroid dienone is 2. The lowest BCUT2D eigenvalue weighted by Gasteiger charge is -2.24. The second-order valence-corrected chi connectivity index (χ2v) is 9.94. The summed E-state index contributed by atoms with van der Waals surface area (Å²) in [4.78, 5) is 15.0. The molecule has 2 saturated heterocycles. The van der Waals surface area contributed by atoms with Gasteiger partial charge in [-0.2, -0.15) is 0 Å². The predicted molar refractivity (Wildman–Crippen MR) is 122 cm³/mol. The SMILES string of the molecule is O=C(C1=CC=C(CC2CCC(C(O)c3ccccc3)N2)CC1)N1CC2C(C1)C2n1cnnn1. The molecule has 33 heavy (non-hydrogen) atoms. The molecule has 1 amide bonds. The normalized spacial score (nSPS) is 31.7. The third kappa shape index (κ3) is 4.02. The van der Waals surface area contributed by atoms with Crippen LogP contribution in [-0.4, -0.2) is 61.3 Å². The molecular formula is C25H30N6O2. The fourth-order valence-corrected chi connectivity index (χ4v) is 6.05. The minimum absolute atomic E-state index is 0.105. The van der Waals surface area contributed by atoms with Gasteiger partial charge in [-0.05, 0) is 48.1 Å². The maximum absolute atomic E-state index is 13.0. The Morgan fingerprint density at radius 2 is 1.94 bits per heavy atom. The molecule has 5 atom stereocenters. The molecule has 5 unspecified atom stereocenters. The van der Waals surface area contributed by atoms with Gasteiger partial charge in [-0.1, -0.05) is 48.1 Å². The average molecular weight is 447 g/mol. The van der Waals surface area contributed by atoms with Gasteiger partial charge < -0.3 is 15.3 Å². The quantitative estimate of drug-likeness (QED) is 0.706. The Hall–Kier alpha value is -2.84. The van der Waals surface area contributed by atoms with Crippen molar-refractivity contribution in [1.82, 2.24) is 30.4 Å². The van der Waals surface area contributed by atoms with Gasteiger partial charge in [-0.15, -0.1) is 5.10 Å². The molecule has 2 aliphatic heterocycles. The lowest BCUT2D eigenvalue weighted by molar-refractivity contribution is -0.126. The summed E-state index contributed by atoms with van der Waals surface area (Å²) in [6.45, 7) is 1.61. The molecule has 0 spiro atoms. The third-order valence-corrected chi connectivity index (χ3v) is 7.92. The van der Waals surface area contributed by atoms with Crippen molar-refractivity contribution in [3.05, 3.63) is 65.5 Å². The topological polar surface area (TPSA) is 96.2 Å². The highest BCUT2D eigenvalue weighted by atomic mass is 16.3. The first-order valence-electron chi connectivity index (χ1n) is 12.1. The number of benzene rings is 1. The van der Waals surface area contributed by atoms with Gasteiger partial charge >= 0.3 is 0 Å². The Morgan fingerprint density at radius 3 is 2.64 bits per heavy atom. The van der Waals surface area contributed by atoms with Gasteiger partial charge in [0.25, 0.3) is 0 Å². The van der Waals surface area contributed by atoms with Crippen molar-refractivity contribution in [2.24, 2.45) is 11.8 Å². The van der Waals surface area contributed by atoms with E-state index in [4.69, 9.17) is 0 Å². The number of aromatic nitrogens is 4. The van der Waals surface area contributed by atoms with Crippen LogP contribution in [0.5, 0.6) is 0 Å². The molecule has 6 rings (SSSR count). The number of piperidine rings is 1. The van der Waals surface area contributed by atoms with E-state index in [1.807, 2.05) is 46.0 Å². The van der Waals surface area contributed by atoms with Crippen LogP contribution in [0.3, 0.4) is 0 Å². The zero-order chi connectivity index (χ0) is 22.4. The molecule has 0 radical (unpaired) electrons. The summed E-state index contributed by atoms with van der Waals surface area (Å²) in [5.74, 6) is 1.17. The van der Waals surface area contributed by atoms with E-state index in [1.165, 1.54) is 5.57 Å². The molecule has 1 aromatic carbocycles. The van der Waals surface area contributed by atoms with Crippen LogP contribution >= 0.6 is 0 Å². The van der Waals surface area contributed by atoms with Gasteiger partial charge in [0, 0.05) is 42.6 Å². The van der Waals surface area contributed by atoms with Crippen molar-refractivity contribution in [3.63, 3.8) is 0 Å². The van der Waals surface area contributed by atoms with Crippen molar-refractivity contribution >= 4 is 5.91 Å². The van der Waals surface area contributed by atoms with E-state index in [0.29, 0.717) is 23.9 Å². The van der Waals surface area contributed by atoms with Crippen LogP contribution in [-0.2, 0) is 4.79 Å². The molecule has 2 aromatic rings. The number of nitrogens with one attached hydrogen (secondary N) is 1. The minimum Gasteiger partial charge on any atom is -0.387 e. The number of aliphatic hydroxyl groups excluding tert-OH is 1. The fraction of sp³-hybridized carbons (Fsp3) is 0.520. The van der Waals surface area contributed by atoms with E-state index in [2.05, 4.69) is 26.9 Å².